The van der Waals surface area contributed by atoms with E-state index >= 15 is 0 Å². The van der Waals surface area contributed by atoms with Gasteiger partial charge in [-0.2, -0.15) is 0 Å². The van der Waals surface area contributed by atoms with Gasteiger partial charge in [0, 0.05) is 30.6 Å². The van der Waals surface area contributed by atoms with Crippen LogP contribution < -0.4 is 0 Å². The van der Waals surface area contributed by atoms with Crippen molar-refractivity contribution in [1.29, 1.82) is 0 Å². The first-order chi connectivity index (χ1) is 21.5. The van der Waals surface area contributed by atoms with Crippen LogP contribution in [0.3, 0.4) is 0 Å². The summed E-state index contributed by atoms with van der Waals surface area (Å²) in [5, 5.41) is 0. The van der Waals surface area contributed by atoms with E-state index in [1.54, 1.807) is 34.6 Å². The van der Waals surface area contributed by atoms with Crippen molar-refractivity contribution in [3.63, 3.8) is 0 Å². The first-order valence-corrected chi connectivity index (χ1v) is 17.6. The molecular weight excluding hydrogens is 600 g/mol. The number of Topliss-reactive ketones (excluding diaryl/α,β-unsaturated/α-hetero) is 3. The molecule has 4 aliphatic rings. The molecule has 9 nitrogen and oxygen atoms in total. The number of carbonyl (C=O) groups excluding carboxylic acids is 6. The number of fused-ring (bicyclic) bond motifs is 5. The average Bonchev–Trinajstić information content (AvgIpc) is 2.95. The molecule has 4 fully saturated rings. The summed E-state index contributed by atoms with van der Waals surface area (Å²) >= 11 is 0. The average molecular weight is 659 g/mol. The predicted octanol–water partition coefficient (Wildman–Crippen LogP) is 6.82. The van der Waals surface area contributed by atoms with Crippen LogP contribution in [0, 0.1) is 56.2 Å². The molecule has 0 aromatic rings. The molecule has 0 radical (unpaired) electrons. The SMILES string of the molecule is CC(=O)O[C@H]1CC[C@]2(C)[C@H]3CC[C@@H]4C(=O)[C@@](CC(=O)C(=O)C(C)C)(C(=O)OCOC(=O)C(C)(C)C)CC[C@@]4(C)[C@]3(C)CC[C@H]2C1(C)C. The molecule has 0 amide bonds. The Bertz CT molecular complexity index is 1320. The molecule has 0 unspecified atom stereocenters. The molecule has 9 heteroatoms. The minimum Gasteiger partial charge on any atom is -0.462 e. The van der Waals surface area contributed by atoms with Gasteiger partial charge in [-0.1, -0.05) is 48.5 Å². The van der Waals surface area contributed by atoms with Crippen molar-refractivity contribution in [2.24, 2.45) is 56.2 Å². The van der Waals surface area contributed by atoms with Crippen molar-refractivity contribution < 1.29 is 43.0 Å². The summed E-state index contributed by atoms with van der Waals surface area (Å²) in [6, 6.07) is 0. The maximum atomic E-state index is 14.8. The van der Waals surface area contributed by atoms with E-state index in [0.29, 0.717) is 24.7 Å². The van der Waals surface area contributed by atoms with E-state index in [1.807, 2.05) is 0 Å². The number of rotatable bonds is 8. The summed E-state index contributed by atoms with van der Waals surface area (Å²) in [4.78, 5) is 79.1. The maximum absolute atomic E-state index is 14.8. The Morgan fingerprint density at radius 2 is 1.45 bits per heavy atom. The van der Waals surface area contributed by atoms with Crippen LogP contribution in [0.25, 0.3) is 0 Å². The van der Waals surface area contributed by atoms with Crippen LogP contribution in [-0.2, 0) is 43.0 Å². The number of ketones is 3. The molecule has 0 aliphatic heterocycles. The first-order valence-electron chi connectivity index (χ1n) is 17.6. The zero-order valence-corrected chi connectivity index (χ0v) is 30.6. The summed E-state index contributed by atoms with van der Waals surface area (Å²) in [7, 11) is 0. The van der Waals surface area contributed by atoms with E-state index in [-0.39, 0.29) is 40.5 Å². The molecule has 4 saturated carbocycles. The van der Waals surface area contributed by atoms with Gasteiger partial charge in [0.05, 0.1) is 5.41 Å². The normalized spacial score (nSPS) is 37.9. The smallest absolute Gasteiger partial charge is 0.322 e. The van der Waals surface area contributed by atoms with Crippen LogP contribution in [0.1, 0.15) is 134 Å². The van der Waals surface area contributed by atoms with Crippen molar-refractivity contribution in [3.8, 4) is 0 Å². The fourth-order valence-corrected chi connectivity index (χ4v) is 10.8. The molecule has 0 spiro atoms. The summed E-state index contributed by atoms with van der Waals surface area (Å²) in [6.45, 7) is 20.5. The maximum Gasteiger partial charge on any atom is 0.322 e. The third-order valence-electron chi connectivity index (χ3n) is 13.6. The van der Waals surface area contributed by atoms with Gasteiger partial charge in [-0.15, -0.1) is 0 Å². The molecule has 0 N–H and O–H groups in total. The van der Waals surface area contributed by atoms with Crippen molar-refractivity contribution in [2.45, 2.75) is 140 Å². The zero-order valence-electron chi connectivity index (χ0n) is 30.6. The van der Waals surface area contributed by atoms with Crippen LogP contribution in [-0.4, -0.2) is 48.2 Å². The Morgan fingerprint density at radius 1 is 0.809 bits per heavy atom. The summed E-state index contributed by atoms with van der Waals surface area (Å²) in [6.07, 6.45) is 4.90. The number of ether oxygens (including phenoxy) is 3. The van der Waals surface area contributed by atoms with E-state index in [9.17, 15) is 28.8 Å². The van der Waals surface area contributed by atoms with E-state index < -0.39 is 64.8 Å². The molecule has 0 aromatic heterocycles. The molecule has 47 heavy (non-hydrogen) atoms. The number of carbonyl (C=O) groups is 6. The van der Waals surface area contributed by atoms with Crippen LogP contribution in [0.4, 0.5) is 0 Å². The lowest BCUT2D eigenvalue weighted by atomic mass is 9.33. The molecule has 0 heterocycles. The molecule has 0 saturated heterocycles. The molecule has 8 atom stereocenters. The Labute approximate surface area is 281 Å². The lowest BCUT2D eigenvalue weighted by Crippen LogP contribution is -2.67. The van der Waals surface area contributed by atoms with E-state index in [4.69, 9.17) is 14.2 Å². The van der Waals surface area contributed by atoms with Crippen molar-refractivity contribution in [1.82, 2.24) is 0 Å². The largest absolute Gasteiger partial charge is 0.462 e. The fraction of sp³-hybridized carbons (Fsp3) is 0.842. The molecule has 264 valence electrons. The van der Waals surface area contributed by atoms with Crippen LogP contribution in [0.5, 0.6) is 0 Å². The van der Waals surface area contributed by atoms with Gasteiger partial charge < -0.3 is 14.2 Å². The summed E-state index contributed by atoms with van der Waals surface area (Å²) in [5.41, 5.74) is -3.49. The van der Waals surface area contributed by atoms with Gasteiger partial charge in [-0.25, -0.2) is 0 Å². The van der Waals surface area contributed by atoms with Gasteiger partial charge in [0.25, 0.3) is 0 Å². The summed E-state index contributed by atoms with van der Waals surface area (Å²) in [5.74, 6) is -3.80. The molecule has 0 aromatic carbocycles. The number of hydrogen-bond acceptors (Lipinski definition) is 9. The second-order valence-electron chi connectivity index (χ2n) is 17.9. The molecule has 4 aliphatic carbocycles. The highest BCUT2D eigenvalue weighted by Gasteiger charge is 2.71. The highest BCUT2D eigenvalue weighted by atomic mass is 16.7. The van der Waals surface area contributed by atoms with Gasteiger partial charge in [0.2, 0.25) is 12.6 Å². The Balaban J connectivity index is 1.66. The van der Waals surface area contributed by atoms with Crippen LogP contribution in [0.2, 0.25) is 0 Å². The van der Waals surface area contributed by atoms with Gasteiger partial charge in [-0.3, -0.25) is 28.8 Å². The van der Waals surface area contributed by atoms with Gasteiger partial charge in [0.15, 0.2) is 11.6 Å². The van der Waals surface area contributed by atoms with Gasteiger partial charge >= 0.3 is 17.9 Å². The van der Waals surface area contributed by atoms with E-state index in [1.165, 1.54) is 6.92 Å². The summed E-state index contributed by atoms with van der Waals surface area (Å²) < 4.78 is 16.5. The lowest BCUT2D eigenvalue weighted by molar-refractivity contribution is -0.237. The third-order valence-corrected chi connectivity index (χ3v) is 13.6. The third kappa shape index (κ3) is 6.00. The van der Waals surface area contributed by atoms with Crippen molar-refractivity contribution in [3.05, 3.63) is 0 Å². The van der Waals surface area contributed by atoms with Crippen LogP contribution >= 0.6 is 0 Å². The van der Waals surface area contributed by atoms with Crippen molar-refractivity contribution in [2.75, 3.05) is 6.79 Å². The lowest BCUT2D eigenvalue weighted by Gasteiger charge is -2.71. The molecule has 4 rings (SSSR count). The Kier molecular flexibility index (Phi) is 9.82. The zero-order chi connectivity index (χ0) is 35.5. The minimum atomic E-state index is -1.81. The molecular formula is C38H58O9. The quantitative estimate of drug-likeness (QED) is 0.119. The van der Waals surface area contributed by atoms with Gasteiger partial charge in [-0.05, 0) is 100 Å². The Morgan fingerprint density at radius 3 is 2.02 bits per heavy atom. The second kappa shape index (κ2) is 12.4. The second-order valence-corrected chi connectivity index (χ2v) is 17.9. The van der Waals surface area contributed by atoms with E-state index in [0.717, 1.165) is 32.1 Å². The topological polar surface area (TPSA) is 130 Å². The van der Waals surface area contributed by atoms with Gasteiger partial charge in [0.1, 0.15) is 11.5 Å². The highest BCUT2D eigenvalue weighted by molar-refractivity contribution is 6.39. The predicted molar refractivity (Wildman–Crippen MR) is 174 cm³/mol. The standard InChI is InChI=1S/C38H58O9/c1-22(2)29(41)25(40)20-38(32(44)46-21-45-31(43)33(4,5)6)19-18-36(10)24(30(38)42)12-13-27-35(9)16-15-28(47-23(3)39)34(7,8)26(35)14-17-37(27,36)11/h22,24,26-28H,12-21H2,1-11H3/t24-,26+,27-,28+,35+,36-,37-,38-/m1/s1. The van der Waals surface area contributed by atoms with E-state index in [2.05, 4.69) is 34.6 Å². The monoisotopic (exact) mass is 658 g/mol. The minimum absolute atomic E-state index is 0.0196. The van der Waals surface area contributed by atoms with Crippen molar-refractivity contribution >= 4 is 35.3 Å². The number of esters is 3. The first kappa shape index (κ1) is 37.2. The highest BCUT2D eigenvalue weighted by Crippen LogP contribution is 2.74. The number of hydrogen-bond donors (Lipinski definition) is 0. The molecule has 0 bridgehead atoms. The Hall–Kier alpha value is -2.58. The fourth-order valence-electron chi connectivity index (χ4n) is 10.8. The van der Waals surface area contributed by atoms with Crippen LogP contribution in [0.15, 0.2) is 0 Å².